The first kappa shape index (κ1) is 15.8. The first-order chi connectivity index (χ1) is 9.12. The average Bonchev–Trinajstić information content (AvgIpc) is 2.43. The Morgan fingerprint density at radius 3 is 2.79 bits per heavy atom. The van der Waals surface area contributed by atoms with Crippen LogP contribution in [0.1, 0.15) is 18.4 Å². The molecule has 106 valence electrons. The van der Waals surface area contributed by atoms with E-state index in [0.29, 0.717) is 30.9 Å². The Bertz CT molecular complexity index is 437. The Balaban J connectivity index is 2.64. The smallest absolute Gasteiger partial charge is 0.219 e. The number of amides is 1. The van der Waals surface area contributed by atoms with Crippen LogP contribution in [-0.2, 0) is 11.4 Å². The Kier molecular flexibility index (Phi) is 6.66. The summed E-state index contributed by atoms with van der Waals surface area (Å²) < 4.78 is 11.6. The van der Waals surface area contributed by atoms with Crippen LogP contribution in [0.5, 0.6) is 11.5 Å². The number of benzene rings is 1. The number of nitrogens with one attached hydrogen (secondary N) is 1. The number of aliphatic hydroxyl groups excluding tert-OH is 1. The molecule has 0 radical (unpaired) electrons. The number of aliphatic hydroxyl groups is 1. The quantitative estimate of drug-likeness (QED) is 0.748. The molecule has 1 aromatic rings. The van der Waals surface area contributed by atoms with Gasteiger partial charge in [0.05, 0.1) is 24.8 Å². The Hall–Kier alpha value is -1.27. The Labute approximate surface area is 121 Å². The molecule has 1 rings (SSSR count). The molecule has 0 aromatic heterocycles. The second kappa shape index (κ2) is 8.01. The van der Waals surface area contributed by atoms with Crippen molar-refractivity contribution in [3.63, 3.8) is 0 Å². The van der Waals surface area contributed by atoms with Gasteiger partial charge >= 0.3 is 0 Å². The highest BCUT2D eigenvalue weighted by Gasteiger charge is 2.11. The van der Waals surface area contributed by atoms with Gasteiger partial charge in [-0.1, -0.05) is 0 Å². The monoisotopic (exact) mass is 331 g/mol. The van der Waals surface area contributed by atoms with Gasteiger partial charge in [-0.15, -0.1) is 0 Å². The number of hydrogen-bond donors (Lipinski definition) is 2. The van der Waals surface area contributed by atoms with E-state index in [2.05, 4.69) is 21.2 Å². The highest BCUT2D eigenvalue weighted by atomic mass is 79.9. The third-order valence-electron chi connectivity index (χ3n) is 2.55. The highest BCUT2D eigenvalue weighted by molar-refractivity contribution is 9.10. The lowest BCUT2D eigenvalue weighted by Gasteiger charge is -2.13. The maximum atomic E-state index is 11.1. The molecular weight excluding hydrogens is 314 g/mol. The standard InChI is InChI=1S/C13H18BrNO4/c1-15-12(17)4-3-5-19-13-10(14)6-9(8-16)7-11(13)18-2/h6-7,16H,3-5,8H2,1-2H3,(H,15,17). The van der Waals surface area contributed by atoms with Crippen molar-refractivity contribution < 1.29 is 19.4 Å². The van der Waals surface area contributed by atoms with Crippen LogP contribution in [0.25, 0.3) is 0 Å². The summed E-state index contributed by atoms with van der Waals surface area (Å²) in [5, 5.41) is 11.7. The van der Waals surface area contributed by atoms with Crippen LogP contribution in [0.3, 0.4) is 0 Å². The van der Waals surface area contributed by atoms with Crippen LogP contribution in [0, 0.1) is 0 Å². The van der Waals surface area contributed by atoms with Gasteiger partial charge in [0.25, 0.3) is 0 Å². The predicted octanol–water partition coefficient (Wildman–Crippen LogP) is 1.85. The van der Waals surface area contributed by atoms with Crippen molar-refractivity contribution in [3.8, 4) is 11.5 Å². The van der Waals surface area contributed by atoms with Gasteiger partial charge in [0.15, 0.2) is 11.5 Å². The van der Waals surface area contributed by atoms with E-state index in [1.54, 1.807) is 26.3 Å². The van der Waals surface area contributed by atoms with Crippen molar-refractivity contribution in [1.29, 1.82) is 0 Å². The van der Waals surface area contributed by atoms with Crippen LogP contribution in [0.4, 0.5) is 0 Å². The van der Waals surface area contributed by atoms with Gasteiger partial charge in [0.1, 0.15) is 0 Å². The molecule has 0 bridgehead atoms. The number of methoxy groups -OCH3 is 1. The third kappa shape index (κ3) is 4.72. The van der Waals surface area contributed by atoms with Crippen molar-refractivity contribution >= 4 is 21.8 Å². The summed E-state index contributed by atoms with van der Waals surface area (Å²) in [5.74, 6) is 1.13. The summed E-state index contributed by atoms with van der Waals surface area (Å²) in [6, 6.07) is 3.50. The van der Waals surface area contributed by atoms with Crippen LogP contribution in [-0.4, -0.2) is 31.8 Å². The van der Waals surface area contributed by atoms with Crippen LogP contribution in [0.2, 0.25) is 0 Å². The minimum Gasteiger partial charge on any atom is -0.493 e. The van der Waals surface area contributed by atoms with Crippen LogP contribution < -0.4 is 14.8 Å². The second-order valence-electron chi connectivity index (χ2n) is 3.89. The molecule has 5 nitrogen and oxygen atoms in total. The van der Waals surface area contributed by atoms with E-state index in [9.17, 15) is 4.79 Å². The maximum Gasteiger partial charge on any atom is 0.219 e. The summed E-state index contributed by atoms with van der Waals surface area (Å²) in [4.78, 5) is 11.1. The van der Waals surface area contributed by atoms with E-state index in [1.165, 1.54) is 0 Å². The molecule has 1 aromatic carbocycles. The number of hydrogen-bond acceptors (Lipinski definition) is 4. The molecule has 0 saturated carbocycles. The van der Waals surface area contributed by atoms with Gasteiger partial charge < -0.3 is 19.9 Å². The molecule has 0 saturated heterocycles. The zero-order chi connectivity index (χ0) is 14.3. The molecule has 0 aliphatic heterocycles. The molecule has 19 heavy (non-hydrogen) atoms. The minimum absolute atomic E-state index is 0.00902. The van der Waals surface area contributed by atoms with Crippen LogP contribution >= 0.6 is 15.9 Å². The van der Waals surface area contributed by atoms with Crippen LogP contribution in [0.15, 0.2) is 16.6 Å². The molecule has 0 fully saturated rings. The molecule has 0 spiro atoms. The van der Waals surface area contributed by atoms with Gasteiger partial charge in [-0.25, -0.2) is 0 Å². The first-order valence-corrected chi connectivity index (χ1v) is 6.72. The molecule has 0 aliphatic rings. The molecule has 0 unspecified atom stereocenters. The molecule has 0 aliphatic carbocycles. The van der Waals surface area contributed by atoms with Gasteiger partial charge in [0, 0.05) is 13.5 Å². The topological polar surface area (TPSA) is 67.8 Å². The predicted molar refractivity (Wildman–Crippen MR) is 75.4 cm³/mol. The Morgan fingerprint density at radius 1 is 1.47 bits per heavy atom. The van der Waals surface area contributed by atoms with Crippen molar-refractivity contribution in [2.75, 3.05) is 20.8 Å². The lowest BCUT2D eigenvalue weighted by Crippen LogP contribution is -2.18. The average molecular weight is 332 g/mol. The number of ether oxygens (including phenoxy) is 2. The van der Waals surface area contributed by atoms with E-state index in [0.717, 1.165) is 10.0 Å². The van der Waals surface area contributed by atoms with Gasteiger partial charge in [-0.05, 0) is 40.0 Å². The molecule has 6 heteroatoms. The van der Waals surface area contributed by atoms with E-state index < -0.39 is 0 Å². The molecule has 0 heterocycles. The SMILES string of the molecule is CNC(=O)CCCOc1c(Br)cc(CO)cc1OC. The summed E-state index contributed by atoms with van der Waals surface area (Å²) in [5.41, 5.74) is 0.737. The summed E-state index contributed by atoms with van der Waals surface area (Å²) in [7, 11) is 3.15. The Morgan fingerprint density at radius 2 is 2.21 bits per heavy atom. The minimum atomic E-state index is -0.0636. The van der Waals surface area contributed by atoms with Crippen molar-refractivity contribution in [3.05, 3.63) is 22.2 Å². The normalized spacial score (nSPS) is 10.1. The zero-order valence-electron chi connectivity index (χ0n) is 11.0. The molecule has 0 atom stereocenters. The van der Waals surface area contributed by atoms with E-state index in [1.807, 2.05) is 0 Å². The van der Waals surface area contributed by atoms with E-state index in [4.69, 9.17) is 14.6 Å². The maximum absolute atomic E-state index is 11.1. The molecule has 2 N–H and O–H groups in total. The fraction of sp³-hybridized carbons (Fsp3) is 0.462. The molecular formula is C13H18BrNO4. The summed E-state index contributed by atoms with van der Waals surface area (Å²) in [6.07, 6.45) is 1.04. The largest absolute Gasteiger partial charge is 0.493 e. The van der Waals surface area contributed by atoms with E-state index >= 15 is 0 Å². The fourth-order valence-electron chi connectivity index (χ4n) is 1.54. The zero-order valence-corrected chi connectivity index (χ0v) is 12.6. The van der Waals surface area contributed by atoms with Crippen molar-refractivity contribution in [1.82, 2.24) is 5.32 Å². The lowest BCUT2D eigenvalue weighted by molar-refractivity contribution is -0.120. The first-order valence-electron chi connectivity index (χ1n) is 5.93. The fourth-order valence-corrected chi connectivity index (χ4v) is 2.14. The number of carbonyl (C=O) groups is 1. The number of halogens is 1. The number of carbonyl (C=O) groups excluding carboxylic acids is 1. The van der Waals surface area contributed by atoms with Crippen molar-refractivity contribution in [2.45, 2.75) is 19.4 Å². The van der Waals surface area contributed by atoms with Gasteiger partial charge in [-0.3, -0.25) is 4.79 Å². The van der Waals surface area contributed by atoms with Crippen molar-refractivity contribution in [2.24, 2.45) is 0 Å². The van der Waals surface area contributed by atoms with Gasteiger partial charge in [-0.2, -0.15) is 0 Å². The summed E-state index contributed by atoms with van der Waals surface area (Å²) >= 11 is 3.38. The number of rotatable bonds is 7. The summed E-state index contributed by atoms with van der Waals surface area (Å²) in [6.45, 7) is 0.354. The van der Waals surface area contributed by atoms with E-state index in [-0.39, 0.29) is 12.5 Å². The lowest BCUT2D eigenvalue weighted by atomic mass is 10.2. The third-order valence-corrected chi connectivity index (χ3v) is 3.13. The highest BCUT2D eigenvalue weighted by Crippen LogP contribution is 2.36. The molecule has 1 amide bonds. The second-order valence-corrected chi connectivity index (χ2v) is 4.75. The van der Waals surface area contributed by atoms with Gasteiger partial charge in [0.2, 0.25) is 5.91 Å².